The third kappa shape index (κ3) is 2.30. The third-order valence-electron chi connectivity index (χ3n) is 4.17. The highest BCUT2D eigenvalue weighted by Gasteiger charge is 2.21. The van der Waals surface area contributed by atoms with Crippen LogP contribution in [0.3, 0.4) is 0 Å². The van der Waals surface area contributed by atoms with E-state index < -0.39 is 6.10 Å². The van der Waals surface area contributed by atoms with Crippen LogP contribution in [-0.4, -0.2) is 14.7 Å². The van der Waals surface area contributed by atoms with Crippen LogP contribution in [0.25, 0.3) is 0 Å². The summed E-state index contributed by atoms with van der Waals surface area (Å²) in [5.74, 6) is 0.697. The maximum absolute atomic E-state index is 10.5. The molecule has 0 aliphatic heterocycles. The number of aliphatic hydroxyl groups is 1. The highest BCUT2D eigenvalue weighted by molar-refractivity contribution is 5.32. The Labute approximate surface area is 113 Å². The van der Waals surface area contributed by atoms with Gasteiger partial charge in [-0.1, -0.05) is 30.7 Å². The van der Waals surface area contributed by atoms with E-state index in [4.69, 9.17) is 0 Å². The molecule has 1 aliphatic carbocycles. The van der Waals surface area contributed by atoms with Gasteiger partial charge in [-0.3, -0.25) is 0 Å². The average molecular weight is 256 g/mol. The lowest BCUT2D eigenvalue weighted by Crippen LogP contribution is -2.11. The molecule has 1 fully saturated rings. The maximum Gasteiger partial charge on any atom is 0.121 e. The number of aliphatic hydroxyl groups excluding tert-OH is 1. The molecule has 1 atom stereocenters. The van der Waals surface area contributed by atoms with Crippen LogP contribution in [0.2, 0.25) is 0 Å². The second-order valence-electron chi connectivity index (χ2n) is 5.31. The SMILES string of the molecule is CCn1cncc1C(O)c1cccc(C2CCC2)c1. The van der Waals surface area contributed by atoms with Gasteiger partial charge in [0.25, 0.3) is 0 Å². The van der Waals surface area contributed by atoms with Crippen molar-refractivity contribution in [2.45, 2.75) is 44.8 Å². The summed E-state index contributed by atoms with van der Waals surface area (Å²) in [6.07, 6.45) is 6.85. The van der Waals surface area contributed by atoms with Crippen LogP contribution in [0.15, 0.2) is 36.8 Å². The van der Waals surface area contributed by atoms with E-state index in [1.165, 1.54) is 24.8 Å². The molecular formula is C16H20N2O. The minimum absolute atomic E-state index is 0.581. The molecule has 1 aliphatic rings. The Kier molecular flexibility index (Phi) is 3.38. The van der Waals surface area contributed by atoms with Gasteiger partial charge in [0.2, 0.25) is 0 Å². The second kappa shape index (κ2) is 5.17. The van der Waals surface area contributed by atoms with Gasteiger partial charge in [0.05, 0.1) is 18.2 Å². The monoisotopic (exact) mass is 256 g/mol. The first-order chi connectivity index (χ1) is 9.29. The zero-order valence-electron chi connectivity index (χ0n) is 11.3. The highest BCUT2D eigenvalue weighted by atomic mass is 16.3. The first kappa shape index (κ1) is 12.4. The number of nitrogens with zero attached hydrogens (tertiary/aromatic N) is 2. The van der Waals surface area contributed by atoms with E-state index in [9.17, 15) is 5.11 Å². The minimum Gasteiger partial charge on any atom is -0.382 e. The molecule has 1 aromatic heterocycles. The smallest absolute Gasteiger partial charge is 0.121 e. The lowest BCUT2D eigenvalue weighted by molar-refractivity contribution is 0.210. The molecule has 1 aromatic carbocycles. The first-order valence-electron chi connectivity index (χ1n) is 7.07. The first-order valence-corrected chi connectivity index (χ1v) is 7.07. The summed E-state index contributed by atoms with van der Waals surface area (Å²) < 4.78 is 1.99. The molecule has 0 radical (unpaired) electrons. The topological polar surface area (TPSA) is 38.0 Å². The molecule has 19 heavy (non-hydrogen) atoms. The van der Waals surface area contributed by atoms with Gasteiger partial charge in [0.1, 0.15) is 6.10 Å². The third-order valence-corrected chi connectivity index (χ3v) is 4.17. The number of rotatable bonds is 4. The van der Waals surface area contributed by atoms with Crippen molar-refractivity contribution in [3.05, 3.63) is 53.6 Å². The Morgan fingerprint density at radius 3 is 2.95 bits per heavy atom. The number of hydrogen-bond donors (Lipinski definition) is 1. The molecule has 0 amide bonds. The molecule has 0 saturated heterocycles. The van der Waals surface area contributed by atoms with Crippen LogP contribution < -0.4 is 0 Å². The Morgan fingerprint density at radius 1 is 1.42 bits per heavy atom. The molecule has 0 spiro atoms. The van der Waals surface area contributed by atoms with E-state index in [0.29, 0.717) is 5.92 Å². The van der Waals surface area contributed by atoms with Crippen molar-refractivity contribution in [1.82, 2.24) is 9.55 Å². The summed E-state index contributed by atoms with van der Waals surface area (Å²) in [5.41, 5.74) is 3.21. The van der Waals surface area contributed by atoms with Crippen LogP contribution in [0.1, 0.15) is 55.0 Å². The predicted octanol–water partition coefficient (Wildman–Crippen LogP) is 3.25. The van der Waals surface area contributed by atoms with Gasteiger partial charge in [-0.15, -0.1) is 0 Å². The van der Waals surface area contributed by atoms with Crippen molar-refractivity contribution in [2.24, 2.45) is 0 Å². The Hall–Kier alpha value is -1.61. The molecule has 0 bridgehead atoms. The molecule has 1 saturated carbocycles. The fourth-order valence-corrected chi connectivity index (χ4v) is 2.72. The highest BCUT2D eigenvalue weighted by Crippen LogP contribution is 2.37. The normalized spacial score (nSPS) is 17.2. The van der Waals surface area contributed by atoms with Crippen molar-refractivity contribution in [1.29, 1.82) is 0 Å². The maximum atomic E-state index is 10.5. The van der Waals surface area contributed by atoms with E-state index >= 15 is 0 Å². The zero-order chi connectivity index (χ0) is 13.2. The van der Waals surface area contributed by atoms with Crippen molar-refractivity contribution >= 4 is 0 Å². The van der Waals surface area contributed by atoms with Gasteiger partial charge in [0.15, 0.2) is 0 Å². The predicted molar refractivity (Wildman–Crippen MR) is 75.0 cm³/mol. The molecule has 1 unspecified atom stereocenters. The molecule has 3 rings (SSSR count). The average Bonchev–Trinajstić information content (AvgIpc) is 2.84. The number of aromatic nitrogens is 2. The Balaban J connectivity index is 1.88. The van der Waals surface area contributed by atoms with E-state index in [0.717, 1.165) is 17.8 Å². The van der Waals surface area contributed by atoms with E-state index in [1.54, 1.807) is 12.5 Å². The van der Waals surface area contributed by atoms with Gasteiger partial charge < -0.3 is 9.67 Å². The number of imidazole rings is 1. The Bertz CT molecular complexity index is 557. The fraction of sp³-hybridized carbons (Fsp3) is 0.438. The van der Waals surface area contributed by atoms with Crippen LogP contribution >= 0.6 is 0 Å². The quantitative estimate of drug-likeness (QED) is 0.911. The van der Waals surface area contributed by atoms with Gasteiger partial charge in [-0.2, -0.15) is 0 Å². The lowest BCUT2D eigenvalue weighted by atomic mass is 9.79. The second-order valence-corrected chi connectivity index (χ2v) is 5.31. The molecule has 3 heteroatoms. The lowest BCUT2D eigenvalue weighted by Gasteiger charge is -2.26. The van der Waals surface area contributed by atoms with Gasteiger partial charge >= 0.3 is 0 Å². The summed E-state index contributed by atoms with van der Waals surface area (Å²) >= 11 is 0. The molecule has 100 valence electrons. The van der Waals surface area contributed by atoms with Crippen molar-refractivity contribution in [2.75, 3.05) is 0 Å². The van der Waals surface area contributed by atoms with Crippen molar-refractivity contribution < 1.29 is 5.11 Å². The largest absolute Gasteiger partial charge is 0.382 e. The van der Waals surface area contributed by atoms with Crippen molar-refractivity contribution in [3.8, 4) is 0 Å². The van der Waals surface area contributed by atoms with E-state index in [2.05, 4.69) is 30.1 Å². The molecule has 2 aromatic rings. The van der Waals surface area contributed by atoms with Crippen LogP contribution in [0.5, 0.6) is 0 Å². The summed E-state index contributed by atoms with van der Waals surface area (Å²) in [6, 6.07) is 8.39. The summed E-state index contributed by atoms with van der Waals surface area (Å²) in [4.78, 5) is 4.13. The van der Waals surface area contributed by atoms with Gasteiger partial charge in [-0.05, 0) is 36.8 Å². The molecule has 1 heterocycles. The number of benzene rings is 1. The van der Waals surface area contributed by atoms with E-state index in [-0.39, 0.29) is 0 Å². The number of hydrogen-bond acceptors (Lipinski definition) is 2. The zero-order valence-corrected chi connectivity index (χ0v) is 11.3. The summed E-state index contributed by atoms with van der Waals surface area (Å²) in [5, 5.41) is 10.5. The van der Waals surface area contributed by atoms with Crippen LogP contribution in [0, 0.1) is 0 Å². The minimum atomic E-state index is -0.581. The number of aryl methyl sites for hydroxylation is 1. The molecule has 3 nitrogen and oxygen atoms in total. The van der Waals surface area contributed by atoms with Crippen LogP contribution in [0.4, 0.5) is 0 Å². The van der Waals surface area contributed by atoms with Gasteiger partial charge in [0, 0.05) is 6.54 Å². The summed E-state index contributed by atoms with van der Waals surface area (Å²) in [6.45, 7) is 2.89. The standard InChI is InChI=1S/C16H20N2O/c1-2-18-11-17-10-15(18)16(19)14-8-4-7-13(9-14)12-5-3-6-12/h4,7-12,16,19H,2-3,5-6H2,1H3. The molecule has 1 N–H and O–H groups in total. The summed E-state index contributed by atoms with van der Waals surface area (Å²) in [7, 11) is 0. The van der Waals surface area contributed by atoms with E-state index in [1.807, 2.05) is 10.6 Å². The van der Waals surface area contributed by atoms with Crippen molar-refractivity contribution in [3.63, 3.8) is 0 Å². The fourth-order valence-electron chi connectivity index (χ4n) is 2.72. The Morgan fingerprint density at radius 2 is 2.26 bits per heavy atom. The van der Waals surface area contributed by atoms with Crippen LogP contribution in [-0.2, 0) is 6.54 Å². The molecular weight excluding hydrogens is 236 g/mol. The van der Waals surface area contributed by atoms with Gasteiger partial charge in [-0.25, -0.2) is 4.98 Å².